The molecule has 3 heteroatoms. The minimum Gasteiger partial charge on any atom is -0.329 e. The van der Waals surface area contributed by atoms with E-state index in [4.69, 9.17) is 5.73 Å². The lowest BCUT2D eigenvalue weighted by molar-refractivity contribution is 0.165. The number of rotatable bonds is 5. The molecule has 1 heterocycles. The SMILES string of the molecule is CN(CC1CCC1)C(CN)c1cccc2cccnc12. The fourth-order valence-electron chi connectivity index (χ4n) is 3.15. The molecule has 1 aromatic heterocycles. The third-order valence-electron chi connectivity index (χ3n) is 4.55. The van der Waals surface area contributed by atoms with E-state index >= 15 is 0 Å². The van der Waals surface area contributed by atoms with Gasteiger partial charge in [0.15, 0.2) is 0 Å². The maximum atomic E-state index is 6.06. The first-order chi connectivity index (χ1) is 9.79. The lowest BCUT2D eigenvalue weighted by Crippen LogP contribution is -2.36. The molecule has 0 bridgehead atoms. The van der Waals surface area contributed by atoms with Crippen LogP contribution in [0.1, 0.15) is 30.9 Å². The van der Waals surface area contributed by atoms with E-state index < -0.39 is 0 Å². The summed E-state index contributed by atoms with van der Waals surface area (Å²) < 4.78 is 0. The first-order valence-corrected chi connectivity index (χ1v) is 7.53. The zero-order chi connectivity index (χ0) is 13.9. The Kier molecular flexibility index (Phi) is 3.99. The van der Waals surface area contributed by atoms with Crippen LogP contribution >= 0.6 is 0 Å². The fourth-order valence-corrected chi connectivity index (χ4v) is 3.15. The Morgan fingerprint density at radius 3 is 2.80 bits per heavy atom. The molecule has 3 nitrogen and oxygen atoms in total. The fraction of sp³-hybridized carbons (Fsp3) is 0.471. The first-order valence-electron chi connectivity index (χ1n) is 7.53. The van der Waals surface area contributed by atoms with Crippen molar-refractivity contribution in [2.45, 2.75) is 25.3 Å². The molecular weight excluding hydrogens is 246 g/mol. The van der Waals surface area contributed by atoms with Gasteiger partial charge in [0.2, 0.25) is 0 Å². The third kappa shape index (κ3) is 2.56. The molecular formula is C17H23N3. The quantitative estimate of drug-likeness (QED) is 0.907. The molecule has 1 aliphatic rings. The number of fused-ring (bicyclic) bond motifs is 1. The van der Waals surface area contributed by atoms with Crippen molar-refractivity contribution >= 4 is 10.9 Å². The smallest absolute Gasteiger partial charge is 0.0750 e. The third-order valence-corrected chi connectivity index (χ3v) is 4.55. The molecule has 0 amide bonds. The number of pyridine rings is 1. The van der Waals surface area contributed by atoms with Gasteiger partial charge in [-0.1, -0.05) is 30.7 Å². The summed E-state index contributed by atoms with van der Waals surface area (Å²) in [5.41, 5.74) is 8.41. The average molecular weight is 269 g/mol. The number of para-hydroxylation sites is 1. The van der Waals surface area contributed by atoms with Crippen LogP contribution in [-0.4, -0.2) is 30.0 Å². The Hall–Kier alpha value is -1.45. The van der Waals surface area contributed by atoms with Gasteiger partial charge in [-0.25, -0.2) is 0 Å². The first kappa shape index (κ1) is 13.5. The summed E-state index contributed by atoms with van der Waals surface area (Å²) in [5.74, 6) is 0.858. The predicted molar refractivity (Wildman–Crippen MR) is 83.5 cm³/mol. The number of likely N-dealkylation sites (N-methyl/N-ethyl adjacent to an activating group) is 1. The summed E-state index contributed by atoms with van der Waals surface area (Å²) in [5, 5.41) is 1.19. The molecule has 0 aliphatic heterocycles. The van der Waals surface area contributed by atoms with Gasteiger partial charge in [-0.2, -0.15) is 0 Å². The van der Waals surface area contributed by atoms with Gasteiger partial charge in [-0.15, -0.1) is 0 Å². The van der Waals surface area contributed by atoms with Crippen molar-refractivity contribution in [2.75, 3.05) is 20.1 Å². The summed E-state index contributed by atoms with van der Waals surface area (Å²) in [6, 6.07) is 10.8. The van der Waals surface area contributed by atoms with Crippen molar-refractivity contribution in [1.82, 2.24) is 9.88 Å². The maximum Gasteiger partial charge on any atom is 0.0750 e. The van der Waals surface area contributed by atoms with Crippen LogP contribution in [-0.2, 0) is 0 Å². The van der Waals surface area contributed by atoms with Gasteiger partial charge in [0.1, 0.15) is 0 Å². The Morgan fingerprint density at radius 2 is 2.10 bits per heavy atom. The highest BCUT2D eigenvalue weighted by Gasteiger charge is 2.24. The van der Waals surface area contributed by atoms with E-state index in [1.807, 2.05) is 12.3 Å². The maximum absolute atomic E-state index is 6.06. The minimum absolute atomic E-state index is 0.259. The second kappa shape index (κ2) is 5.90. The summed E-state index contributed by atoms with van der Waals surface area (Å²) in [4.78, 5) is 6.97. The average Bonchev–Trinajstić information content (AvgIpc) is 2.44. The molecule has 0 saturated heterocycles. The van der Waals surface area contributed by atoms with Crippen molar-refractivity contribution < 1.29 is 0 Å². The molecule has 1 fully saturated rings. The molecule has 1 aromatic carbocycles. The molecule has 20 heavy (non-hydrogen) atoms. The molecule has 0 spiro atoms. The largest absolute Gasteiger partial charge is 0.329 e. The van der Waals surface area contributed by atoms with Gasteiger partial charge >= 0.3 is 0 Å². The van der Waals surface area contributed by atoms with Crippen LogP contribution in [0.15, 0.2) is 36.5 Å². The van der Waals surface area contributed by atoms with E-state index in [-0.39, 0.29) is 6.04 Å². The molecule has 1 saturated carbocycles. The summed E-state index contributed by atoms with van der Waals surface area (Å²) in [6.45, 7) is 1.78. The molecule has 1 atom stereocenters. The highest BCUT2D eigenvalue weighted by atomic mass is 15.1. The Morgan fingerprint density at radius 1 is 1.30 bits per heavy atom. The van der Waals surface area contributed by atoms with Crippen molar-refractivity contribution in [3.05, 3.63) is 42.1 Å². The van der Waals surface area contributed by atoms with E-state index in [0.717, 1.165) is 18.0 Å². The van der Waals surface area contributed by atoms with Crippen LogP contribution in [0, 0.1) is 5.92 Å². The van der Waals surface area contributed by atoms with Crippen molar-refractivity contribution in [3.8, 4) is 0 Å². The zero-order valence-electron chi connectivity index (χ0n) is 12.1. The normalized spacial score (nSPS) is 17.4. The summed E-state index contributed by atoms with van der Waals surface area (Å²) in [6.07, 6.45) is 6.00. The number of benzene rings is 1. The number of nitrogens with zero attached hydrogens (tertiary/aromatic N) is 2. The topological polar surface area (TPSA) is 42.1 Å². The Balaban J connectivity index is 1.89. The Labute approximate surface area is 120 Å². The molecule has 106 valence electrons. The standard InChI is InChI=1S/C17H23N3/c1-20(12-13-5-2-6-13)16(11-18)15-9-3-7-14-8-4-10-19-17(14)15/h3-4,7-10,13,16H,2,5-6,11-12,18H2,1H3. The lowest BCUT2D eigenvalue weighted by Gasteiger charge is -2.34. The summed E-state index contributed by atoms with van der Waals surface area (Å²) in [7, 11) is 2.19. The molecule has 1 unspecified atom stereocenters. The number of nitrogens with two attached hydrogens (primary N) is 1. The lowest BCUT2D eigenvalue weighted by atomic mass is 9.84. The van der Waals surface area contributed by atoms with Gasteiger partial charge < -0.3 is 5.73 Å². The van der Waals surface area contributed by atoms with Gasteiger partial charge in [0, 0.05) is 30.7 Å². The zero-order valence-corrected chi connectivity index (χ0v) is 12.1. The molecule has 2 N–H and O–H groups in total. The van der Waals surface area contributed by atoms with Gasteiger partial charge in [-0.05, 0) is 37.4 Å². The van der Waals surface area contributed by atoms with Crippen molar-refractivity contribution in [1.29, 1.82) is 0 Å². The Bertz CT molecular complexity index is 572. The molecule has 3 rings (SSSR count). The summed E-state index contributed by atoms with van der Waals surface area (Å²) >= 11 is 0. The van der Waals surface area contributed by atoms with Gasteiger partial charge in [0.25, 0.3) is 0 Å². The van der Waals surface area contributed by atoms with Gasteiger partial charge in [0.05, 0.1) is 5.52 Å². The van der Waals surface area contributed by atoms with Crippen LogP contribution in [0.2, 0.25) is 0 Å². The highest BCUT2D eigenvalue weighted by Crippen LogP contribution is 2.31. The van der Waals surface area contributed by atoms with E-state index in [1.54, 1.807) is 0 Å². The highest BCUT2D eigenvalue weighted by molar-refractivity contribution is 5.82. The van der Waals surface area contributed by atoms with Crippen LogP contribution in [0.4, 0.5) is 0 Å². The minimum atomic E-state index is 0.259. The van der Waals surface area contributed by atoms with E-state index in [9.17, 15) is 0 Å². The predicted octanol–water partition coefficient (Wildman–Crippen LogP) is 2.97. The molecule has 2 aromatic rings. The van der Waals surface area contributed by atoms with Crippen LogP contribution in [0.3, 0.4) is 0 Å². The van der Waals surface area contributed by atoms with Crippen LogP contribution < -0.4 is 5.73 Å². The monoisotopic (exact) mass is 269 g/mol. The molecule has 0 radical (unpaired) electrons. The van der Waals surface area contributed by atoms with E-state index in [0.29, 0.717) is 6.54 Å². The number of hydrogen-bond acceptors (Lipinski definition) is 3. The van der Waals surface area contributed by atoms with Crippen molar-refractivity contribution in [3.63, 3.8) is 0 Å². The van der Waals surface area contributed by atoms with Crippen LogP contribution in [0.25, 0.3) is 10.9 Å². The van der Waals surface area contributed by atoms with E-state index in [2.05, 4.69) is 41.2 Å². The molecule has 1 aliphatic carbocycles. The van der Waals surface area contributed by atoms with Crippen molar-refractivity contribution in [2.24, 2.45) is 11.7 Å². The van der Waals surface area contributed by atoms with E-state index in [1.165, 1.54) is 30.2 Å². The second-order valence-electron chi connectivity index (χ2n) is 5.91. The van der Waals surface area contributed by atoms with Gasteiger partial charge in [-0.3, -0.25) is 9.88 Å². The van der Waals surface area contributed by atoms with Crippen LogP contribution in [0.5, 0.6) is 0 Å². The second-order valence-corrected chi connectivity index (χ2v) is 5.91. The number of aromatic nitrogens is 1. The number of hydrogen-bond donors (Lipinski definition) is 1.